The molecule has 0 unspecified atom stereocenters. The average Bonchev–Trinajstić information content (AvgIpc) is 3.17. The van der Waals surface area contributed by atoms with Crippen molar-refractivity contribution in [1.29, 1.82) is 0 Å². The monoisotopic (exact) mass is 778 g/mol. The van der Waals surface area contributed by atoms with Gasteiger partial charge in [-0.05, 0) is 88.4 Å². The van der Waals surface area contributed by atoms with Gasteiger partial charge in [0.1, 0.15) is 6.29 Å². The van der Waals surface area contributed by atoms with Crippen molar-refractivity contribution in [3.8, 4) is 0 Å². The molecule has 1 N–H and O–H groups in total. The molecule has 0 rings (SSSR count). The fourth-order valence-corrected chi connectivity index (χ4v) is 5.89. The van der Waals surface area contributed by atoms with Crippen LogP contribution < -0.4 is 0 Å². The van der Waals surface area contributed by atoms with Crippen molar-refractivity contribution >= 4 is 6.29 Å². The highest BCUT2D eigenvalue weighted by molar-refractivity contribution is 5.48. The van der Waals surface area contributed by atoms with Gasteiger partial charge in [0.2, 0.25) is 0 Å². The molecule has 53 heavy (non-hydrogen) atoms. The normalized spacial score (nSPS) is 11.6. The van der Waals surface area contributed by atoms with Crippen LogP contribution in [0.3, 0.4) is 0 Å². The van der Waals surface area contributed by atoms with Crippen LogP contribution in [0.25, 0.3) is 0 Å². The molecule has 18 nitrogen and oxygen atoms in total. The summed E-state index contributed by atoms with van der Waals surface area (Å²) in [4.78, 5) is 15.0. The van der Waals surface area contributed by atoms with Crippen LogP contribution >= 0.6 is 0 Å². The number of hydrogen-bond donors (Lipinski definition) is 1. The minimum absolute atomic E-state index is 0.306. The SMILES string of the molecule is O=CCCCCCCCCCCCCCCCCCCCCCCCCCCCCCCCCCCOOOOOOOOOOOOOOOOO. The van der Waals surface area contributed by atoms with Crippen molar-refractivity contribution in [1.82, 2.24) is 0 Å². The summed E-state index contributed by atoms with van der Waals surface area (Å²) in [6, 6.07) is 0. The first-order valence-corrected chi connectivity index (χ1v) is 20.1. The average molecular weight is 779 g/mol. The second-order valence-corrected chi connectivity index (χ2v) is 13.1. The molecular formula is C35H70O18. The van der Waals surface area contributed by atoms with Gasteiger partial charge in [0, 0.05) is 6.42 Å². The molecule has 0 radical (unpaired) electrons. The van der Waals surface area contributed by atoms with Gasteiger partial charge in [0.05, 0.1) is 6.61 Å². The Morgan fingerprint density at radius 1 is 0.264 bits per heavy atom. The van der Waals surface area contributed by atoms with E-state index in [0.717, 1.165) is 38.4 Å². The predicted molar refractivity (Wildman–Crippen MR) is 183 cm³/mol. The lowest BCUT2D eigenvalue weighted by Crippen LogP contribution is -2.05. The van der Waals surface area contributed by atoms with Gasteiger partial charge in [-0.25, -0.2) is 10.1 Å². The van der Waals surface area contributed by atoms with Crippen LogP contribution in [0.4, 0.5) is 0 Å². The maximum atomic E-state index is 10.3. The van der Waals surface area contributed by atoms with Crippen molar-refractivity contribution in [2.24, 2.45) is 0 Å². The van der Waals surface area contributed by atoms with Crippen LogP contribution in [-0.4, -0.2) is 18.2 Å². The topological polar surface area (TPSA) is 185 Å². The molecular weight excluding hydrogens is 708 g/mol. The smallest absolute Gasteiger partial charge is 0.119 e. The highest BCUT2D eigenvalue weighted by atomic mass is 18.0. The summed E-state index contributed by atoms with van der Waals surface area (Å²) in [6.45, 7) is 0.306. The fourth-order valence-electron chi connectivity index (χ4n) is 5.89. The van der Waals surface area contributed by atoms with E-state index in [1.807, 2.05) is 0 Å². The first kappa shape index (κ1) is 52.0. The van der Waals surface area contributed by atoms with E-state index in [0.29, 0.717) is 6.61 Å². The summed E-state index contributed by atoms with van der Waals surface area (Å²) in [6.07, 6.45) is 44.5. The fraction of sp³-hybridized carbons (Fsp3) is 0.971. The van der Waals surface area contributed by atoms with Crippen LogP contribution in [0.1, 0.15) is 212 Å². The molecule has 18 heteroatoms. The summed E-state index contributed by atoms with van der Waals surface area (Å²) >= 11 is 0. The molecule has 318 valence electrons. The van der Waals surface area contributed by atoms with Gasteiger partial charge in [0.25, 0.3) is 0 Å². The van der Waals surface area contributed by atoms with E-state index >= 15 is 0 Å². The summed E-state index contributed by atoms with van der Waals surface area (Å²) in [5, 5.41) is 62.2. The molecule has 0 bridgehead atoms. The van der Waals surface area contributed by atoms with E-state index in [2.05, 4.69) is 75.6 Å². The van der Waals surface area contributed by atoms with E-state index in [-0.39, 0.29) is 0 Å². The first-order valence-electron chi connectivity index (χ1n) is 20.1. The van der Waals surface area contributed by atoms with Crippen molar-refractivity contribution in [2.45, 2.75) is 212 Å². The maximum absolute atomic E-state index is 10.3. The van der Waals surface area contributed by atoms with E-state index in [4.69, 9.17) is 10.1 Å². The van der Waals surface area contributed by atoms with Crippen molar-refractivity contribution in [3.63, 3.8) is 0 Å². The summed E-state index contributed by atoms with van der Waals surface area (Å²) in [7, 11) is 0. The van der Waals surface area contributed by atoms with Gasteiger partial charge < -0.3 is 4.79 Å². The first-order chi connectivity index (χ1) is 26.4. The molecule has 0 aromatic rings. The lowest BCUT2D eigenvalue weighted by atomic mass is 10.0. The highest BCUT2D eigenvalue weighted by Gasteiger charge is 2.01. The molecule has 0 amide bonds. The Bertz CT molecular complexity index is 654. The summed E-state index contributed by atoms with van der Waals surface area (Å²) in [5.74, 6) is 0. The second kappa shape index (κ2) is 51.0. The second-order valence-electron chi connectivity index (χ2n) is 13.1. The van der Waals surface area contributed by atoms with Crippen molar-refractivity contribution in [2.75, 3.05) is 6.61 Å². The number of unbranched alkanes of at least 4 members (excludes halogenated alkanes) is 32. The quantitative estimate of drug-likeness (QED) is 0.0266. The zero-order valence-electron chi connectivity index (χ0n) is 32.0. The molecule has 0 spiro atoms. The minimum atomic E-state index is 0.306. The van der Waals surface area contributed by atoms with Gasteiger partial charge in [-0.3, -0.25) is 0 Å². The lowest BCUT2D eigenvalue weighted by molar-refractivity contribution is -0.886. The summed E-state index contributed by atoms with van der Waals surface area (Å²) < 4.78 is 0. The third-order valence-electron chi connectivity index (χ3n) is 8.74. The molecule has 0 saturated heterocycles. The number of carbonyl (C=O) groups is 1. The number of carbonyl (C=O) groups excluding carboxylic acids is 1. The zero-order chi connectivity index (χ0) is 38.1. The van der Waals surface area contributed by atoms with Crippen LogP contribution in [0, 0.1) is 0 Å². The Morgan fingerprint density at radius 2 is 0.472 bits per heavy atom. The van der Waals surface area contributed by atoms with Gasteiger partial charge in [-0.2, -0.15) is 0 Å². The molecule has 0 saturated carbocycles. The van der Waals surface area contributed by atoms with Crippen LogP contribution in [-0.2, 0) is 85.3 Å². The van der Waals surface area contributed by atoms with Crippen LogP contribution in [0.15, 0.2) is 0 Å². The van der Waals surface area contributed by atoms with E-state index < -0.39 is 0 Å². The third kappa shape index (κ3) is 51.0. The molecule has 0 aliphatic carbocycles. The van der Waals surface area contributed by atoms with Gasteiger partial charge in [-0.15, -0.1) is 0 Å². The molecule has 0 aliphatic heterocycles. The third-order valence-corrected chi connectivity index (χ3v) is 8.74. The molecule has 0 aliphatic rings. The number of aldehydes is 1. The zero-order valence-corrected chi connectivity index (χ0v) is 32.0. The number of hydrogen-bond acceptors (Lipinski definition) is 18. The largest absolute Gasteiger partial charge is 0.303 e. The Balaban J connectivity index is 3.05. The van der Waals surface area contributed by atoms with Gasteiger partial charge >= 0.3 is 0 Å². The molecule has 0 atom stereocenters. The van der Waals surface area contributed by atoms with Crippen molar-refractivity contribution < 1.29 is 90.5 Å². The Labute approximate surface area is 315 Å². The maximum Gasteiger partial charge on any atom is 0.119 e. The van der Waals surface area contributed by atoms with Gasteiger partial charge in [-0.1, -0.05) is 193 Å². The van der Waals surface area contributed by atoms with Crippen LogP contribution in [0.2, 0.25) is 0 Å². The predicted octanol–water partition coefficient (Wildman–Crippen LogP) is 11.5. The molecule has 0 fully saturated rings. The number of rotatable bonds is 50. The Hall–Kier alpha value is -1.01. The highest BCUT2D eigenvalue weighted by Crippen LogP contribution is 2.17. The van der Waals surface area contributed by atoms with Gasteiger partial charge in [0.15, 0.2) is 0 Å². The minimum Gasteiger partial charge on any atom is -0.303 e. The van der Waals surface area contributed by atoms with Crippen LogP contribution in [0.5, 0.6) is 0 Å². The lowest BCUT2D eigenvalue weighted by Gasteiger charge is -2.05. The standard InChI is InChI=1S/C35H70O18/c36-34-32-30-28-26-24-22-20-18-16-14-12-10-8-6-4-2-1-3-5-7-9-11-13-15-17-19-21-23-25-27-29-31-33-35-38-40-42-44-46-48-50-52-53-51-49-47-45-43-41-39-37/h34,37H,1-33,35H2. The van der Waals surface area contributed by atoms with E-state index in [9.17, 15) is 4.79 Å². The molecule has 0 aromatic heterocycles. The Kier molecular flexibility index (Phi) is 50.0. The van der Waals surface area contributed by atoms with Crippen molar-refractivity contribution in [3.05, 3.63) is 0 Å². The summed E-state index contributed by atoms with van der Waals surface area (Å²) in [5.41, 5.74) is 0. The molecule has 0 heterocycles. The van der Waals surface area contributed by atoms with E-state index in [1.165, 1.54) is 180 Å². The van der Waals surface area contributed by atoms with E-state index in [1.54, 1.807) is 0 Å². The molecule has 0 aromatic carbocycles. The Morgan fingerprint density at radius 3 is 0.717 bits per heavy atom.